The zero-order chi connectivity index (χ0) is 17.9. The molecule has 1 unspecified atom stereocenters. The summed E-state index contributed by atoms with van der Waals surface area (Å²) < 4.78 is 14.7. The minimum Gasteiger partial charge on any atom is -0.462 e. The second kappa shape index (κ2) is 10.3. The maximum Gasteiger partial charge on any atom is 0.339 e. The summed E-state index contributed by atoms with van der Waals surface area (Å²) in [7, 11) is 0. The lowest BCUT2D eigenvalue weighted by molar-refractivity contribution is -0.148. The van der Waals surface area contributed by atoms with Crippen LogP contribution in [0, 0.1) is 5.92 Å². The number of hydrogen-bond acceptors (Lipinski definition) is 8. The van der Waals surface area contributed by atoms with E-state index >= 15 is 0 Å². The van der Waals surface area contributed by atoms with Crippen molar-refractivity contribution in [3.8, 4) is 0 Å². The lowest BCUT2D eigenvalue weighted by Gasteiger charge is -2.11. The van der Waals surface area contributed by atoms with Gasteiger partial charge in [0.2, 0.25) is 0 Å². The summed E-state index contributed by atoms with van der Waals surface area (Å²) in [5.74, 6) is -2.38. The normalized spacial score (nSPS) is 11.5. The molecule has 0 fully saturated rings. The number of hydrogen-bond donors (Lipinski definition) is 2. The summed E-state index contributed by atoms with van der Waals surface area (Å²) in [6.45, 7) is 1.06. The van der Waals surface area contributed by atoms with E-state index in [1.807, 2.05) is 0 Å². The highest BCUT2D eigenvalue weighted by Crippen LogP contribution is 2.12. The Hall–Kier alpha value is -2.45. The summed E-state index contributed by atoms with van der Waals surface area (Å²) in [5, 5.41) is 8.67. The molecule has 0 heterocycles. The van der Waals surface area contributed by atoms with Crippen LogP contribution in [-0.4, -0.2) is 56.0 Å². The molecule has 132 valence electrons. The van der Waals surface area contributed by atoms with Gasteiger partial charge in [-0.1, -0.05) is 19.1 Å². The Morgan fingerprint density at radius 1 is 1.00 bits per heavy atom. The maximum atomic E-state index is 12.0. The highest BCUT2D eigenvalue weighted by molar-refractivity contribution is 6.03. The van der Waals surface area contributed by atoms with Crippen LogP contribution < -0.4 is 5.73 Å². The number of ether oxygens (including phenoxy) is 3. The van der Waals surface area contributed by atoms with Crippen LogP contribution >= 0.6 is 0 Å². The van der Waals surface area contributed by atoms with Crippen LogP contribution in [0.1, 0.15) is 27.6 Å². The number of aliphatic hydroxyl groups excluding tert-OH is 1. The number of nitrogens with two attached hydrogens (primary N) is 1. The molecule has 24 heavy (non-hydrogen) atoms. The first kappa shape index (κ1) is 19.6. The number of aliphatic hydroxyl groups is 1. The van der Waals surface area contributed by atoms with Gasteiger partial charge in [0.1, 0.15) is 19.8 Å². The lowest BCUT2D eigenvalue weighted by Crippen LogP contribution is -2.24. The first-order valence-electron chi connectivity index (χ1n) is 7.42. The molecule has 0 aromatic heterocycles. The van der Waals surface area contributed by atoms with Gasteiger partial charge in [-0.25, -0.2) is 9.59 Å². The summed E-state index contributed by atoms with van der Waals surface area (Å²) in [6, 6.07) is 5.98. The molecule has 1 aromatic carbocycles. The summed E-state index contributed by atoms with van der Waals surface area (Å²) >= 11 is 0. The molecule has 1 atom stereocenters. The Kier molecular flexibility index (Phi) is 8.45. The zero-order valence-electron chi connectivity index (χ0n) is 13.4. The van der Waals surface area contributed by atoms with E-state index in [0.717, 1.165) is 0 Å². The van der Waals surface area contributed by atoms with E-state index in [2.05, 4.69) is 0 Å². The Bertz CT molecular complexity index is 573. The monoisotopic (exact) mass is 339 g/mol. The van der Waals surface area contributed by atoms with E-state index < -0.39 is 23.8 Å². The van der Waals surface area contributed by atoms with Crippen LogP contribution in [-0.2, 0) is 19.0 Å². The summed E-state index contributed by atoms with van der Waals surface area (Å²) in [6.07, 6.45) is 0. The molecular formula is C16H21NO7. The minimum absolute atomic E-state index is 0.0297. The molecule has 0 aliphatic carbocycles. The van der Waals surface area contributed by atoms with Crippen LogP contribution in [0.2, 0.25) is 0 Å². The van der Waals surface area contributed by atoms with Crippen molar-refractivity contribution in [3.05, 3.63) is 35.4 Å². The quantitative estimate of drug-likeness (QED) is 0.369. The Balaban J connectivity index is 2.56. The van der Waals surface area contributed by atoms with Gasteiger partial charge < -0.3 is 25.1 Å². The van der Waals surface area contributed by atoms with Gasteiger partial charge in [0.25, 0.3) is 0 Å². The second-order valence-corrected chi connectivity index (χ2v) is 4.85. The Labute approximate surface area is 139 Å². The van der Waals surface area contributed by atoms with E-state index in [4.69, 9.17) is 25.1 Å². The second-order valence-electron chi connectivity index (χ2n) is 4.85. The average Bonchev–Trinajstić information content (AvgIpc) is 2.61. The molecular weight excluding hydrogens is 318 g/mol. The molecule has 0 spiro atoms. The molecule has 1 rings (SSSR count). The molecule has 0 amide bonds. The van der Waals surface area contributed by atoms with E-state index in [1.165, 1.54) is 12.1 Å². The van der Waals surface area contributed by atoms with Crippen LogP contribution in [0.15, 0.2) is 24.3 Å². The fourth-order valence-electron chi connectivity index (χ4n) is 1.65. The van der Waals surface area contributed by atoms with Crippen molar-refractivity contribution >= 4 is 17.9 Å². The SMILES string of the molecule is CC(CN)C(=O)OCCOC(=O)c1ccccc1C(=O)OCCO. The number of benzene rings is 1. The van der Waals surface area contributed by atoms with Gasteiger partial charge in [-0.3, -0.25) is 4.79 Å². The van der Waals surface area contributed by atoms with Crippen molar-refractivity contribution in [1.82, 2.24) is 0 Å². The van der Waals surface area contributed by atoms with E-state index in [0.29, 0.717) is 0 Å². The molecule has 3 N–H and O–H groups in total. The highest BCUT2D eigenvalue weighted by atomic mass is 16.6. The molecule has 0 aliphatic rings. The van der Waals surface area contributed by atoms with Gasteiger partial charge in [-0.05, 0) is 12.1 Å². The Morgan fingerprint density at radius 2 is 1.50 bits per heavy atom. The Morgan fingerprint density at radius 3 is 2.00 bits per heavy atom. The van der Waals surface area contributed by atoms with Crippen molar-refractivity contribution < 1.29 is 33.7 Å². The van der Waals surface area contributed by atoms with Gasteiger partial charge in [0.15, 0.2) is 0 Å². The van der Waals surface area contributed by atoms with Crippen molar-refractivity contribution in [3.63, 3.8) is 0 Å². The third-order valence-corrected chi connectivity index (χ3v) is 3.01. The van der Waals surface area contributed by atoms with Gasteiger partial charge in [-0.2, -0.15) is 0 Å². The van der Waals surface area contributed by atoms with Crippen LogP contribution in [0.5, 0.6) is 0 Å². The van der Waals surface area contributed by atoms with Crippen molar-refractivity contribution in [2.75, 3.05) is 33.0 Å². The molecule has 0 aliphatic heterocycles. The maximum absolute atomic E-state index is 12.0. The standard InChI is InChI=1S/C16H21NO7/c1-11(10-17)14(19)23-8-9-24-16(21)13-5-3-2-4-12(13)15(20)22-7-6-18/h2-5,11,18H,6-10,17H2,1H3. The highest BCUT2D eigenvalue weighted by Gasteiger charge is 2.19. The van der Waals surface area contributed by atoms with E-state index in [9.17, 15) is 14.4 Å². The van der Waals surface area contributed by atoms with E-state index in [-0.39, 0.29) is 44.1 Å². The third-order valence-electron chi connectivity index (χ3n) is 3.01. The predicted molar refractivity (Wildman–Crippen MR) is 83.3 cm³/mol. The molecule has 0 bridgehead atoms. The molecule has 0 radical (unpaired) electrons. The fraction of sp³-hybridized carbons (Fsp3) is 0.438. The topological polar surface area (TPSA) is 125 Å². The fourth-order valence-corrected chi connectivity index (χ4v) is 1.65. The smallest absolute Gasteiger partial charge is 0.339 e. The van der Waals surface area contributed by atoms with Crippen molar-refractivity contribution in [1.29, 1.82) is 0 Å². The number of rotatable bonds is 9. The molecule has 8 heteroatoms. The number of carbonyl (C=O) groups is 3. The zero-order valence-corrected chi connectivity index (χ0v) is 13.4. The first-order chi connectivity index (χ1) is 11.5. The third kappa shape index (κ3) is 5.98. The van der Waals surface area contributed by atoms with Gasteiger partial charge in [0, 0.05) is 6.54 Å². The molecule has 1 aromatic rings. The van der Waals surface area contributed by atoms with Gasteiger partial charge >= 0.3 is 17.9 Å². The van der Waals surface area contributed by atoms with Crippen LogP contribution in [0.4, 0.5) is 0 Å². The van der Waals surface area contributed by atoms with E-state index in [1.54, 1.807) is 19.1 Å². The van der Waals surface area contributed by atoms with Crippen LogP contribution in [0.3, 0.4) is 0 Å². The van der Waals surface area contributed by atoms with Crippen molar-refractivity contribution in [2.45, 2.75) is 6.92 Å². The van der Waals surface area contributed by atoms with Gasteiger partial charge in [-0.15, -0.1) is 0 Å². The largest absolute Gasteiger partial charge is 0.462 e. The first-order valence-corrected chi connectivity index (χ1v) is 7.42. The lowest BCUT2D eigenvalue weighted by atomic mass is 10.1. The molecule has 0 saturated carbocycles. The van der Waals surface area contributed by atoms with Crippen LogP contribution in [0.25, 0.3) is 0 Å². The molecule has 8 nitrogen and oxygen atoms in total. The predicted octanol–water partition coefficient (Wildman–Crippen LogP) is 0.130. The molecule has 0 saturated heterocycles. The minimum atomic E-state index is -0.741. The number of carbonyl (C=O) groups excluding carboxylic acids is 3. The van der Waals surface area contributed by atoms with Gasteiger partial charge in [0.05, 0.1) is 23.7 Å². The average molecular weight is 339 g/mol. The summed E-state index contributed by atoms with van der Waals surface area (Å²) in [5.41, 5.74) is 5.40. The summed E-state index contributed by atoms with van der Waals surface area (Å²) in [4.78, 5) is 35.3. The number of esters is 3. The van der Waals surface area contributed by atoms with Crippen molar-refractivity contribution in [2.24, 2.45) is 11.7 Å².